The summed E-state index contributed by atoms with van der Waals surface area (Å²) in [5.74, 6) is 1.24. The Hall–Kier alpha value is -3.15. The lowest BCUT2D eigenvalue weighted by Gasteiger charge is -2.37. The van der Waals surface area contributed by atoms with Crippen molar-refractivity contribution in [2.45, 2.75) is 57.9 Å². The third kappa shape index (κ3) is 5.75. The number of anilines is 3. The van der Waals surface area contributed by atoms with Crippen LogP contribution in [0.4, 0.5) is 17.3 Å². The second-order valence-electron chi connectivity index (χ2n) is 11.2. The van der Waals surface area contributed by atoms with Gasteiger partial charge in [-0.3, -0.25) is 0 Å². The zero-order valence-electron chi connectivity index (χ0n) is 23.3. The van der Waals surface area contributed by atoms with E-state index in [0.29, 0.717) is 22.9 Å². The highest BCUT2D eigenvalue weighted by molar-refractivity contribution is 6.32. The number of fused-ring (bicyclic) bond motifs is 1. The Labute approximate surface area is 237 Å². The van der Waals surface area contributed by atoms with E-state index >= 15 is 0 Å². The van der Waals surface area contributed by atoms with Gasteiger partial charge >= 0.3 is 0 Å². The Morgan fingerprint density at radius 2 is 1.90 bits per heavy atom. The van der Waals surface area contributed by atoms with Gasteiger partial charge in [-0.05, 0) is 93.4 Å². The van der Waals surface area contributed by atoms with Crippen molar-refractivity contribution in [1.82, 2.24) is 14.9 Å². The number of nitrogens with one attached hydrogen (secondary N) is 1. The maximum absolute atomic E-state index is 6.71. The molecule has 1 aliphatic heterocycles. The van der Waals surface area contributed by atoms with Crippen LogP contribution in [0.1, 0.15) is 72.9 Å². The smallest absolute Gasteiger partial charge is 0.227 e. The first kappa shape index (κ1) is 26.1. The predicted molar refractivity (Wildman–Crippen MR) is 164 cm³/mol. The molecule has 3 aromatic rings. The molecular formula is C33H38ClN5. The first-order valence-electron chi connectivity index (χ1n) is 14.4. The summed E-state index contributed by atoms with van der Waals surface area (Å²) in [6, 6.07) is 14.2. The average Bonchev–Trinajstić information content (AvgIpc) is 3.81. The van der Waals surface area contributed by atoms with Gasteiger partial charge in [0, 0.05) is 36.1 Å². The SMILES string of the molecule is CCN(C)C1CCN(c2cc(Nc3ncc(Cl)c(C4=CCC=Cc5cc(C)ccc54)n3)cc(C3CC3)c2)CC1. The molecule has 5 nitrogen and oxygen atoms in total. The highest BCUT2D eigenvalue weighted by Gasteiger charge is 2.27. The molecule has 0 atom stereocenters. The van der Waals surface area contributed by atoms with Crippen molar-refractivity contribution in [1.29, 1.82) is 0 Å². The quantitative estimate of drug-likeness (QED) is 0.331. The van der Waals surface area contributed by atoms with E-state index in [0.717, 1.165) is 48.6 Å². The highest BCUT2D eigenvalue weighted by atomic mass is 35.5. The van der Waals surface area contributed by atoms with Crippen molar-refractivity contribution in [3.8, 4) is 0 Å². The molecule has 0 amide bonds. The average molecular weight is 540 g/mol. The minimum atomic E-state index is 0.563. The maximum Gasteiger partial charge on any atom is 0.227 e. The Balaban J connectivity index is 1.28. The standard InChI is InChI=1S/C33H38ClN5/c1-4-38(3)27-13-15-39(16-14-27)28-19-25(23-10-11-23)18-26(20-28)36-33-35-21-31(34)32(37-33)30-8-6-5-7-24-17-22(2)9-12-29(24)30/h5,7-9,12,17-21,23,27H,4,6,10-11,13-16H2,1-3H3,(H,35,36,37). The summed E-state index contributed by atoms with van der Waals surface area (Å²) in [5.41, 5.74) is 9.16. The third-order valence-corrected chi connectivity index (χ3v) is 8.73. The lowest BCUT2D eigenvalue weighted by atomic mass is 9.96. The molecular weight excluding hydrogens is 502 g/mol. The molecule has 6 rings (SSSR count). The maximum atomic E-state index is 6.71. The Bertz CT molecular complexity index is 1420. The van der Waals surface area contributed by atoms with Crippen molar-refractivity contribution in [2.75, 3.05) is 36.9 Å². The highest BCUT2D eigenvalue weighted by Crippen LogP contribution is 2.43. The molecule has 39 heavy (non-hydrogen) atoms. The molecule has 0 unspecified atom stereocenters. The van der Waals surface area contributed by atoms with Crippen LogP contribution in [0.5, 0.6) is 0 Å². The molecule has 1 aromatic heterocycles. The number of aromatic nitrogens is 2. The molecule has 2 aliphatic carbocycles. The summed E-state index contributed by atoms with van der Waals surface area (Å²) in [7, 11) is 2.25. The first-order chi connectivity index (χ1) is 19.0. The van der Waals surface area contributed by atoms with Crippen molar-refractivity contribution >= 4 is 40.6 Å². The number of aryl methyl sites for hydroxylation is 1. The van der Waals surface area contributed by atoms with Gasteiger partial charge in [0.2, 0.25) is 5.95 Å². The zero-order valence-corrected chi connectivity index (χ0v) is 24.0. The summed E-state index contributed by atoms with van der Waals surface area (Å²) in [4.78, 5) is 14.6. The van der Waals surface area contributed by atoms with Crippen LogP contribution in [-0.4, -0.2) is 47.6 Å². The fraction of sp³-hybridized carbons (Fsp3) is 0.394. The van der Waals surface area contributed by atoms with Crippen molar-refractivity contribution in [2.24, 2.45) is 0 Å². The lowest BCUT2D eigenvalue weighted by molar-refractivity contribution is 0.218. The monoisotopic (exact) mass is 539 g/mol. The van der Waals surface area contributed by atoms with Crippen LogP contribution in [0.3, 0.4) is 0 Å². The van der Waals surface area contributed by atoms with E-state index in [-0.39, 0.29) is 0 Å². The number of piperidine rings is 1. The minimum absolute atomic E-state index is 0.563. The molecule has 2 aromatic carbocycles. The van der Waals surface area contributed by atoms with E-state index in [1.54, 1.807) is 6.20 Å². The Kier molecular flexibility index (Phi) is 7.46. The number of nitrogens with zero attached hydrogens (tertiary/aromatic N) is 4. The van der Waals surface area contributed by atoms with Gasteiger partial charge in [0.05, 0.1) is 16.9 Å². The number of rotatable bonds is 7. The van der Waals surface area contributed by atoms with E-state index in [1.807, 2.05) is 0 Å². The van der Waals surface area contributed by atoms with Gasteiger partial charge in [0.25, 0.3) is 0 Å². The van der Waals surface area contributed by atoms with Gasteiger partial charge < -0.3 is 15.1 Å². The summed E-state index contributed by atoms with van der Waals surface area (Å²) in [6.45, 7) is 7.66. The van der Waals surface area contributed by atoms with Gasteiger partial charge in [0.1, 0.15) is 0 Å². The van der Waals surface area contributed by atoms with Gasteiger partial charge in [-0.15, -0.1) is 0 Å². The molecule has 1 saturated carbocycles. The Morgan fingerprint density at radius 3 is 2.67 bits per heavy atom. The van der Waals surface area contributed by atoms with Crippen LogP contribution < -0.4 is 10.2 Å². The molecule has 2 heterocycles. The van der Waals surface area contributed by atoms with Gasteiger partial charge in [-0.1, -0.05) is 60.5 Å². The zero-order chi connectivity index (χ0) is 26.9. The molecule has 0 radical (unpaired) electrons. The van der Waals surface area contributed by atoms with Gasteiger partial charge in [0.15, 0.2) is 0 Å². The summed E-state index contributed by atoms with van der Waals surface area (Å²) >= 11 is 6.71. The molecule has 2 fully saturated rings. The van der Waals surface area contributed by atoms with E-state index in [1.165, 1.54) is 48.1 Å². The number of halogens is 1. The van der Waals surface area contributed by atoms with Crippen LogP contribution in [0, 0.1) is 6.92 Å². The van der Waals surface area contributed by atoms with E-state index in [2.05, 4.69) is 95.6 Å². The number of benzene rings is 2. The van der Waals surface area contributed by atoms with Gasteiger partial charge in [-0.2, -0.15) is 0 Å². The molecule has 3 aliphatic rings. The van der Waals surface area contributed by atoms with Crippen molar-refractivity contribution < 1.29 is 0 Å². The molecule has 0 spiro atoms. The van der Waals surface area contributed by atoms with E-state index < -0.39 is 0 Å². The predicted octanol–water partition coefficient (Wildman–Crippen LogP) is 7.83. The van der Waals surface area contributed by atoms with Crippen LogP contribution in [0.25, 0.3) is 11.6 Å². The third-order valence-electron chi connectivity index (χ3n) is 8.45. The minimum Gasteiger partial charge on any atom is -0.371 e. The van der Waals surface area contributed by atoms with Crippen LogP contribution in [0.2, 0.25) is 5.02 Å². The molecule has 202 valence electrons. The number of hydrogen-bond donors (Lipinski definition) is 1. The van der Waals surface area contributed by atoms with Gasteiger partial charge in [-0.25, -0.2) is 9.97 Å². The molecule has 1 N–H and O–H groups in total. The summed E-state index contributed by atoms with van der Waals surface area (Å²) in [6.07, 6.45) is 14.1. The second-order valence-corrected chi connectivity index (χ2v) is 11.6. The van der Waals surface area contributed by atoms with Crippen molar-refractivity contribution in [3.05, 3.63) is 87.7 Å². The first-order valence-corrected chi connectivity index (χ1v) is 14.7. The summed E-state index contributed by atoms with van der Waals surface area (Å²) in [5, 5.41) is 4.10. The Morgan fingerprint density at radius 1 is 1.08 bits per heavy atom. The van der Waals surface area contributed by atoms with E-state index in [9.17, 15) is 0 Å². The fourth-order valence-electron chi connectivity index (χ4n) is 5.89. The molecule has 0 bridgehead atoms. The topological polar surface area (TPSA) is 44.3 Å². The van der Waals surface area contributed by atoms with Crippen molar-refractivity contribution in [3.63, 3.8) is 0 Å². The lowest BCUT2D eigenvalue weighted by Crippen LogP contribution is -2.43. The largest absolute Gasteiger partial charge is 0.371 e. The molecule has 1 saturated heterocycles. The van der Waals surface area contributed by atoms with Crippen LogP contribution in [0.15, 0.2) is 54.7 Å². The van der Waals surface area contributed by atoms with E-state index in [4.69, 9.17) is 16.6 Å². The van der Waals surface area contributed by atoms with Crippen LogP contribution >= 0.6 is 11.6 Å². The summed E-state index contributed by atoms with van der Waals surface area (Å²) < 4.78 is 0. The number of hydrogen-bond acceptors (Lipinski definition) is 5. The van der Waals surface area contributed by atoms with Crippen LogP contribution in [-0.2, 0) is 0 Å². The number of allylic oxidation sites excluding steroid dienone is 2. The second kappa shape index (κ2) is 11.1. The fourth-order valence-corrected chi connectivity index (χ4v) is 6.08. The molecule has 6 heteroatoms. The normalized spacial score (nSPS) is 17.7.